The predicted molar refractivity (Wildman–Crippen MR) is 43.9 cm³/mol. The fourth-order valence-corrected chi connectivity index (χ4v) is 1.49. The van der Waals surface area contributed by atoms with Gasteiger partial charge in [0.05, 0.1) is 6.10 Å². The largest absolute Gasteiger partial charge is 0.393 e. The number of hydrogen-bond donors (Lipinski definition) is 2. The van der Waals surface area contributed by atoms with Gasteiger partial charge in [0.15, 0.2) is 12.6 Å². The van der Waals surface area contributed by atoms with E-state index in [0.717, 1.165) is 0 Å². The minimum atomic E-state index is -0.929. The van der Waals surface area contributed by atoms with Gasteiger partial charge in [-0.3, -0.25) is 0 Å². The minimum Gasteiger partial charge on any atom is -0.393 e. The molecule has 1 fully saturated rings. The first-order valence-electron chi connectivity index (χ1n) is 4.24. The van der Waals surface area contributed by atoms with Crippen molar-refractivity contribution in [2.24, 2.45) is 0 Å². The van der Waals surface area contributed by atoms with E-state index in [9.17, 15) is 10.2 Å². The van der Waals surface area contributed by atoms with Crippen molar-refractivity contribution in [2.75, 3.05) is 14.2 Å². The van der Waals surface area contributed by atoms with E-state index < -0.39 is 24.8 Å². The zero-order chi connectivity index (χ0) is 9.84. The van der Waals surface area contributed by atoms with Gasteiger partial charge in [0.2, 0.25) is 0 Å². The van der Waals surface area contributed by atoms with E-state index >= 15 is 0 Å². The van der Waals surface area contributed by atoms with Gasteiger partial charge in [0, 0.05) is 27.1 Å². The highest BCUT2D eigenvalue weighted by molar-refractivity contribution is 4.74. The molecule has 1 aliphatic rings. The molecule has 5 nitrogen and oxygen atoms in total. The smallest absolute Gasteiger partial charge is 0.183 e. The molecule has 1 heterocycles. The summed E-state index contributed by atoms with van der Waals surface area (Å²) in [6.07, 6.45) is -1.76. The lowest BCUT2D eigenvalue weighted by molar-refractivity contribution is -0.260. The van der Waals surface area contributed by atoms with Crippen molar-refractivity contribution in [1.29, 1.82) is 0 Å². The lowest BCUT2D eigenvalue weighted by Gasteiger charge is -2.33. The summed E-state index contributed by atoms with van der Waals surface area (Å²) in [7, 11) is 2.98. The molecule has 0 aromatic rings. The lowest BCUT2D eigenvalue weighted by atomic mass is 10.0. The van der Waals surface area contributed by atoms with E-state index in [4.69, 9.17) is 14.2 Å². The molecule has 0 spiro atoms. The van der Waals surface area contributed by atoms with Gasteiger partial charge >= 0.3 is 0 Å². The Bertz CT molecular complexity index is 137. The van der Waals surface area contributed by atoms with Gasteiger partial charge in [-0.15, -0.1) is 0 Å². The summed E-state index contributed by atoms with van der Waals surface area (Å²) in [5.74, 6) is 0. The van der Waals surface area contributed by atoms with Gasteiger partial charge in [-0.05, 0) is 0 Å². The predicted octanol–water partition coefficient (Wildman–Crippen LogP) is -0.536. The molecule has 1 saturated heterocycles. The molecular formula is C8H16O5. The Balaban J connectivity index is 2.48. The Morgan fingerprint density at radius 3 is 2.31 bits per heavy atom. The maximum atomic E-state index is 9.34. The summed E-state index contributed by atoms with van der Waals surface area (Å²) in [5, 5.41) is 18.5. The molecule has 78 valence electrons. The van der Waals surface area contributed by atoms with Crippen molar-refractivity contribution >= 4 is 0 Å². The van der Waals surface area contributed by atoms with Crippen LogP contribution in [-0.2, 0) is 14.2 Å². The molecule has 0 aliphatic carbocycles. The fraction of sp³-hybridized carbons (Fsp3) is 1.00. The third-order valence-corrected chi connectivity index (χ3v) is 2.08. The van der Waals surface area contributed by atoms with Crippen molar-refractivity contribution in [3.8, 4) is 0 Å². The summed E-state index contributed by atoms with van der Waals surface area (Å²) in [6.45, 7) is 0. The molecule has 0 aromatic heterocycles. The van der Waals surface area contributed by atoms with E-state index in [-0.39, 0.29) is 6.42 Å². The van der Waals surface area contributed by atoms with Crippen LogP contribution in [0.3, 0.4) is 0 Å². The molecule has 1 rings (SSSR count). The SMILES string of the molecule is COC(OC)C1CC(O)CC(O)O1. The second-order valence-electron chi connectivity index (χ2n) is 3.09. The zero-order valence-electron chi connectivity index (χ0n) is 7.84. The topological polar surface area (TPSA) is 68.2 Å². The molecule has 3 unspecified atom stereocenters. The molecule has 0 amide bonds. The molecule has 0 aromatic carbocycles. The molecule has 1 aliphatic heterocycles. The summed E-state index contributed by atoms with van der Waals surface area (Å²) in [5.41, 5.74) is 0. The standard InChI is InChI=1S/C8H16O5/c1-11-8(12-2)6-3-5(9)4-7(10)13-6/h5-10H,3-4H2,1-2H3. The van der Waals surface area contributed by atoms with Crippen molar-refractivity contribution in [3.05, 3.63) is 0 Å². The molecular weight excluding hydrogens is 176 g/mol. The van der Waals surface area contributed by atoms with Gasteiger partial charge < -0.3 is 24.4 Å². The Morgan fingerprint density at radius 2 is 1.85 bits per heavy atom. The van der Waals surface area contributed by atoms with Crippen LogP contribution in [0.1, 0.15) is 12.8 Å². The van der Waals surface area contributed by atoms with Gasteiger partial charge in [0.25, 0.3) is 0 Å². The average Bonchev–Trinajstić information content (AvgIpc) is 2.04. The highest BCUT2D eigenvalue weighted by Crippen LogP contribution is 2.21. The van der Waals surface area contributed by atoms with Crippen LogP contribution < -0.4 is 0 Å². The highest BCUT2D eigenvalue weighted by Gasteiger charge is 2.32. The van der Waals surface area contributed by atoms with Crippen LogP contribution in [0, 0.1) is 0 Å². The monoisotopic (exact) mass is 192 g/mol. The third kappa shape index (κ3) is 2.89. The molecule has 13 heavy (non-hydrogen) atoms. The summed E-state index contributed by atoms with van der Waals surface area (Å²) in [4.78, 5) is 0. The van der Waals surface area contributed by atoms with E-state index in [1.807, 2.05) is 0 Å². The summed E-state index contributed by atoms with van der Waals surface area (Å²) in [6, 6.07) is 0. The Kier molecular flexibility index (Phi) is 4.08. The van der Waals surface area contributed by atoms with Crippen LogP contribution in [0.5, 0.6) is 0 Å². The number of ether oxygens (including phenoxy) is 3. The molecule has 0 bridgehead atoms. The summed E-state index contributed by atoms with van der Waals surface area (Å²) >= 11 is 0. The van der Waals surface area contributed by atoms with Gasteiger partial charge in [0.1, 0.15) is 6.10 Å². The molecule has 5 heteroatoms. The Morgan fingerprint density at radius 1 is 1.23 bits per heavy atom. The van der Waals surface area contributed by atoms with Crippen molar-refractivity contribution in [3.63, 3.8) is 0 Å². The normalized spacial score (nSPS) is 35.3. The number of methoxy groups -OCH3 is 2. The first-order valence-corrected chi connectivity index (χ1v) is 4.24. The molecule has 3 atom stereocenters. The molecule has 0 saturated carbocycles. The second-order valence-corrected chi connectivity index (χ2v) is 3.09. The number of hydrogen-bond acceptors (Lipinski definition) is 5. The van der Waals surface area contributed by atoms with Crippen LogP contribution >= 0.6 is 0 Å². The molecule has 2 N–H and O–H groups in total. The van der Waals surface area contributed by atoms with Gasteiger partial charge in [-0.25, -0.2) is 0 Å². The first kappa shape index (κ1) is 10.9. The van der Waals surface area contributed by atoms with Crippen LogP contribution in [0.2, 0.25) is 0 Å². The quantitative estimate of drug-likeness (QED) is 0.588. The highest BCUT2D eigenvalue weighted by atomic mass is 16.7. The number of aliphatic hydroxyl groups is 2. The number of aliphatic hydroxyl groups excluding tert-OH is 2. The van der Waals surface area contributed by atoms with E-state index in [2.05, 4.69) is 0 Å². The summed E-state index contributed by atoms with van der Waals surface area (Å²) < 4.78 is 15.1. The van der Waals surface area contributed by atoms with Crippen LogP contribution in [0.4, 0.5) is 0 Å². The maximum Gasteiger partial charge on any atom is 0.183 e. The van der Waals surface area contributed by atoms with Crippen molar-refractivity contribution < 1.29 is 24.4 Å². The van der Waals surface area contributed by atoms with E-state index in [1.165, 1.54) is 14.2 Å². The average molecular weight is 192 g/mol. The van der Waals surface area contributed by atoms with Crippen LogP contribution in [0.15, 0.2) is 0 Å². The second kappa shape index (κ2) is 4.88. The first-order chi connectivity index (χ1) is 6.17. The lowest BCUT2D eigenvalue weighted by Crippen LogP contribution is -2.43. The fourth-order valence-electron chi connectivity index (χ4n) is 1.49. The van der Waals surface area contributed by atoms with E-state index in [0.29, 0.717) is 6.42 Å². The zero-order valence-corrected chi connectivity index (χ0v) is 7.84. The number of rotatable bonds is 3. The van der Waals surface area contributed by atoms with Gasteiger partial charge in [-0.1, -0.05) is 0 Å². The van der Waals surface area contributed by atoms with Crippen LogP contribution in [0.25, 0.3) is 0 Å². The van der Waals surface area contributed by atoms with Gasteiger partial charge in [-0.2, -0.15) is 0 Å². The Labute approximate surface area is 77.2 Å². The maximum absolute atomic E-state index is 9.34. The third-order valence-electron chi connectivity index (χ3n) is 2.08. The van der Waals surface area contributed by atoms with E-state index in [1.54, 1.807) is 0 Å². The minimum absolute atomic E-state index is 0.247. The molecule has 0 radical (unpaired) electrons. The van der Waals surface area contributed by atoms with Crippen molar-refractivity contribution in [2.45, 2.75) is 37.6 Å². The van der Waals surface area contributed by atoms with Crippen LogP contribution in [-0.4, -0.2) is 49.2 Å². The van der Waals surface area contributed by atoms with Crippen molar-refractivity contribution in [1.82, 2.24) is 0 Å². The Hall–Kier alpha value is -0.200.